The van der Waals surface area contributed by atoms with Gasteiger partial charge in [-0.3, -0.25) is 0 Å². The van der Waals surface area contributed by atoms with Crippen LogP contribution in [0.2, 0.25) is 0 Å². The molecule has 0 radical (unpaired) electrons. The summed E-state index contributed by atoms with van der Waals surface area (Å²) < 4.78 is 56.9. The van der Waals surface area contributed by atoms with Crippen LogP contribution in [0.3, 0.4) is 0 Å². The first-order valence-electron chi connectivity index (χ1n) is 5.85. The van der Waals surface area contributed by atoms with E-state index in [9.17, 15) is 22.0 Å². The molecule has 0 amide bonds. The molecule has 0 N–H and O–H groups in total. The summed E-state index contributed by atoms with van der Waals surface area (Å²) in [7, 11) is -3.30. The summed E-state index contributed by atoms with van der Waals surface area (Å²) >= 11 is 2.97. The van der Waals surface area contributed by atoms with Crippen LogP contribution in [0.15, 0.2) is 50.7 Å². The monoisotopic (exact) mass is 390 g/mol. The van der Waals surface area contributed by atoms with Gasteiger partial charge in [-0.15, -0.1) is 0 Å². The molecule has 4 nitrogen and oxygen atoms in total. The summed E-state index contributed by atoms with van der Waals surface area (Å²) in [6, 6.07) is 6.22. The Morgan fingerprint density at radius 2 is 1.86 bits per heavy atom. The van der Waals surface area contributed by atoms with Crippen LogP contribution in [-0.4, -0.2) is 21.5 Å². The minimum atomic E-state index is -4.30. The van der Waals surface area contributed by atoms with Gasteiger partial charge in [0.05, 0.1) is 16.9 Å². The lowest BCUT2D eigenvalue weighted by Gasteiger charge is -2.11. The zero-order valence-corrected chi connectivity index (χ0v) is 13.5. The van der Waals surface area contributed by atoms with Crippen molar-refractivity contribution in [1.82, 2.24) is 0 Å². The lowest BCUT2D eigenvalue weighted by atomic mass is 10.2. The maximum atomic E-state index is 14.0. The Balaban J connectivity index is 2.78. The summed E-state index contributed by atoms with van der Waals surface area (Å²) in [6.07, 6.45) is 0. The van der Waals surface area contributed by atoms with E-state index in [2.05, 4.69) is 20.7 Å². The molecular formula is C14H9BrF2O4S. The SMILES string of the molecule is COC(=O)c1c(F)cc(Br)cc1S(=O)(=O)c1cccc(F)c1. The smallest absolute Gasteiger partial charge is 0.342 e. The third-order valence-electron chi connectivity index (χ3n) is 2.80. The van der Waals surface area contributed by atoms with Crippen molar-refractivity contribution in [3.8, 4) is 0 Å². The van der Waals surface area contributed by atoms with Crippen LogP contribution in [0.1, 0.15) is 10.4 Å². The molecule has 0 aliphatic heterocycles. The van der Waals surface area contributed by atoms with Gasteiger partial charge in [0.15, 0.2) is 0 Å². The zero-order valence-electron chi connectivity index (χ0n) is 11.1. The third-order valence-corrected chi connectivity index (χ3v) is 5.04. The Hall–Kier alpha value is -1.80. The summed E-state index contributed by atoms with van der Waals surface area (Å²) in [4.78, 5) is 10.7. The van der Waals surface area contributed by atoms with Crippen LogP contribution in [-0.2, 0) is 14.6 Å². The molecule has 0 spiro atoms. The number of esters is 1. The van der Waals surface area contributed by atoms with E-state index >= 15 is 0 Å². The van der Waals surface area contributed by atoms with E-state index in [1.54, 1.807) is 0 Å². The van der Waals surface area contributed by atoms with Gasteiger partial charge in [0, 0.05) is 4.47 Å². The van der Waals surface area contributed by atoms with Gasteiger partial charge in [0.1, 0.15) is 17.2 Å². The van der Waals surface area contributed by atoms with Crippen molar-refractivity contribution >= 4 is 31.7 Å². The molecule has 22 heavy (non-hydrogen) atoms. The van der Waals surface area contributed by atoms with Crippen molar-refractivity contribution < 1.29 is 26.7 Å². The first-order valence-corrected chi connectivity index (χ1v) is 8.13. The molecule has 0 atom stereocenters. The fourth-order valence-electron chi connectivity index (χ4n) is 1.82. The molecule has 0 aromatic heterocycles. The lowest BCUT2D eigenvalue weighted by Crippen LogP contribution is -2.14. The van der Waals surface area contributed by atoms with Gasteiger partial charge in [-0.1, -0.05) is 22.0 Å². The number of sulfone groups is 1. The fourth-order valence-corrected chi connectivity index (χ4v) is 3.92. The van der Waals surface area contributed by atoms with E-state index < -0.39 is 42.8 Å². The highest BCUT2D eigenvalue weighted by Gasteiger charge is 2.29. The highest BCUT2D eigenvalue weighted by molar-refractivity contribution is 9.10. The fraction of sp³-hybridized carbons (Fsp3) is 0.0714. The van der Waals surface area contributed by atoms with Crippen LogP contribution in [0, 0.1) is 11.6 Å². The van der Waals surface area contributed by atoms with Crippen LogP contribution < -0.4 is 0 Å². The molecular weight excluding hydrogens is 382 g/mol. The van der Waals surface area contributed by atoms with Crippen molar-refractivity contribution in [2.75, 3.05) is 7.11 Å². The van der Waals surface area contributed by atoms with E-state index in [-0.39, 0.29) is 4.47 Å². The van der Waals surface area contributed by atoms with Crippen LogP contribution >= 0.6 is 15.9 Å². The molecule has 0 aliphatic rings. The number of carbonyl (C=O) groups is 1. The van der Waals surface area contributed by atoms with Gasteiger partial charge in [-0.25, -0.2) is 22.0 Å². The summed E-state index contributed by atoms with van der Waals surface area (Å²) in [5.41, 5.74) is -0.727. The lowest BCUT2D eigenvalue weighted by molar-refractivity contribution is 0.0590. The zero-order chi connectivity index (χ0) is 16.5. The van der Waals surface area contributed by atoms with Gasteiger partial charge < -0.3 is 4.74 Å². The average Bonchev–Trinajstić information content (AvgIpc) is 2.45. The minimum Gasteiger partial charge on any atom is -0.465 e. The Morgan fingerprint density at radius 1 is 1.18 bits per heavy atom. The summed E-state index contributed by atoms with van der Waals surface area (Å²) in [5.74, 6) is -2.97. The number of carbonyl (C=O) groups excluding carboxylic acids is 1. The van der Waals surface area contributed by atoms with Gasteiger partial charge in [-0.2, -0.15) is 0 Å². The number of benzene rings is 2. The topological polar surface area (TPSA) is 60.4 Å². The van der Waals surface area contributed by atoms with Crippen molar-refractivity contribution in [2.24, 2.45) is 0 Å². The second kappa shape index (κ2) is 6.13. The second-order valence-corrected chi connectivity index (χ2v) is 7.05. The largest absolute Gasteiger partial charge is 0.465 e. The molecule has 2 rings (SSSR count). The number of hydrogen-bond donors (Lipinski definition) is 0. The quantitative estimate of drug-likeness (QED) is 0.754. The number of hydrogen-bond acceptors (Lipinski definition) is 4. The molecule has 8 heteroatoms. The first-order chi connectivity index (χ1) is 10.3. The molecule has 0 bridgehead atoms. The first kappa shape index (κ1) is 16.6. The van der Waals surface area contributed by atoms with Gasteiger partial charge >= 0.3 is 5.97 Å². The predicted molar refractivity (Wildman–Crippen MR) is 77.3 cm³/mol. The van der Waals surface area contributed by atoms with E-state index in [1.807, 2.05) is 0 Å². The molecule has 0 unspecified atom stereocenters. The Kier molecular flexibility index (Phi) is 4.62. The summed E-state index contributed by atoms with van der Waals surface area (Å²) in [6.45, 7) is 0. The Bertz CT molecular complexity index is 850. The second-order valence-electron chi connectivity index (χ2n) is 4.21. The molecule has 0 fully saturated rings. The van der Waals surface area contributed by atoms with E-state index in [4.69, 9.17) is 0 Å². The summed E-state index contributed by atoms with van der Waals surface area (Å²) in [5, 5.41) is 0. The minimum absolute atomic E-state index is 0.118. The maximum absolute atomic E-state index is 14.0. The van der Waals surface area contributed by atoms with E-state index in [0.717, 1.165) is 37.4 Å². The molecule has 116 valence electrons. The van der Waals surface area contributed by atoms with Crippen molar-refractivity contribution in [1.29, 1.82) is 0 Å². The molecule has 2 aromatic rings. The van der Waals surface area contributed by atoms with Crippen molar-refractivity contribution in [2.45, 2.75) is 9.79 Å². The number of ether oxygens (including phenoxy) is 1. The standard InChI is InChI=1S/C14H9BrF2O4S/c1-21-14(18)13-11(17)5-8(15)6-12(13)22(19,20)10-4-2-3-9(16)7-10/h2-7H,1H3. The number of methoxy groups -OCH3 is 1. The van der Waals surface area contributed by atoms with Crippen LogP contribution in [0.25, 0.3) is 0 Å². The Morgan fingerprint density at radius 3 is 2.45 bits per heavy atom. The molecule has 0 aliphatic carbocycles. The predicted octanol–water partition coefficient (Wildman–Crippen LogP) is 3.35. The highest BCUT2D eigenvalue weighted by Crippen LogP contribution is 2.30. The van der Waals surface area contributed by atoms with Gasteiger partial charge in [0.2, 0.25) is 9.84 Å². The number of rotatable bonds is 3. The molecule has 0 saturated heterocycles. The number of halogens is 3. The Labute approximate surface area is 133 Å². The molecule has 0 heterocycles. The third kappa shape index (κ3) is 3.02. The van der Waals surface area contributed by atoms with Crippen LogP contribution in [0.5, 0.6) is 0 Å². The van der Waals surface area contributed by atoms with Gasteiger partial charge in [-0.05, 0) is 30.3 Å². The maximum Gasteiger partial charge on any atom is 0.342 e. The van der Waals surface area contributed by atoms with E-state index in [1.165, 1.54) is 6.07 Å². The van der Waals surface area contributed by atoms with Gasteiger partial charge in [0.25, 0.3) is 0 Å². The molecule has 2 aromatic carbocycles. The molecule has 0 saturated carbocycles. The van der Waals surface area contributed by atoms with Crippen molar-refractivity contribution in [3.05, 3.63) is 58.1 Å². The normalized spacial score (nSPS) is 11.3. The average molecular weight is 391 g/mol. The van der Waals surface area contributed by atoms with Crippen LogP contribution in [0.4, 0.5) is 8.78 Å². The van der Waals surface area contributed by atoms with E-state index in [0.29, 0.717) is 0 Å². The van der Waals surface area contributed by atoms with Crippen molar-refractivity contribution in [3.63, 3.8) is 0 Å². The highest BCUT2D eigenvalue weighted by atomic mass is 79.9.